The van der Waals surface area contributed by atoms with Crippen LogP contribution in [0.4, 0.5) is 5.69 Å². The molecular weight excluding hydrogens is 367 g/mol. The number of carbonyl (C=O) groups excluding carboxylic acids is 1. The van der Waals surface area contributed by atoms with Crippen LogP contribution in [0, 0.1) is 0 Å². The number of hydrogen-bond acceptors (Lipinski definition) is 5. The smallest absolute Gasteiger partial charge is 0.198 e. The van der Waals surface area contributed by atoms with Crippen LogP contribution in [0.15, 0.2) is 41.2 Å². The normalized spacial score (nSPS) is 17.8. The predicted molar refractivity (Wildman–Crippen MR) is 92.4 cm³/mol. The largest absolute Gasteiger partial charge is 0.369 e. The molecule has 1 aliphatic heterocycles. The molecule has 5 nitrogen and oxygen atoms in total. The Morgan fingerprint density at radius 2 is 1.95 bits per heavy atom. The molecule has 3 N–H and O–H groups in total. The Morgan fingerprint density at radius 3 is 2.45 bits per heavy atom. The second-order valence-electron chi connectivity index (χ2n) is 4.63. The van der Waals surface area contributed by atoms with Gasteiger partial charge >= 0.3 is 0 Å². The second kappa shape index (κ2) is 6.74. The summed E-state index contributed by atoms with van der Waals surface area (Å²) in [5.74, 6) is 1.26. The van der Waals surface area contributed by atoms with Gasteiger partial charge < -0.3 is 16.0 Å². The van der Waals surface area contributed by atoms with Crippen LogP contribution in [0.25, 0.3) is 0 Å². The molecule has 0 aromatic heterocycles. The van der Waals surface area contributed by atoms with E-state index in [0.717, 1.165) is 11.5 Å². The quantitative estimate of drug-likeness (QED) is 0.619. The second-order valence-corrected chi connectivity index (χ2v) is 4.63. The van der Waals surface area contributed by atoms with Crippen LogP contribution in [0.3, 0.4) is 0 Å². The zero-order valence-electron chi connectivity index (χ0n) is 11.8. The molecule has 0 saturated carbocycles. The fourth-order valence-corrected chi connectivity index (χ4v) is 1.79. The predicted octanol–water partition coefficient (Wildman–Crippen LogP) is 2.41. The lowest BCUT2D eigenvalue weighted by atomic mass is 10.1. The van der Waals surface area contributed by atoms with E-state index in [9.17, 15) is 4.79 Å². The van der Waals surface area contributed by atoms with E-state index in [1.165, 1.54) is 0 Å². The van der Waals surface area contributed by atoms with Crippen molar-refractivity contribution in [2.75, 3.05) is 12.4 Å². The molecule has 1 atom stereocenters. The molecule has 0 spiro atoms. The number of nitrogens with two attached hydrogens (primary N) is 1. The molecule has 20 heavy (non-hydrogen) atoms. The number of benzene rings is 1. The number of halogens is 1. The van der Waals surface area contributed by atoms with Crippen molar-refractivity contribution in [3.8, 4) is 0 Å². The third kappa shape index (κ3) is 3.72. The van der Waals surface area contributed by atoms with Crippen LogP contribution in [-0.2, 0) is 0 Å². The lowest BCUT2D eigenvalue weighted by Crippen LogP contribution is -2.42. The summed E-state index contributed by atoms with van der Waals surface area (Å²) in [6.07, 6.45) is 2.00. The number of Topliss-reactive ketones (excluding diaryl/α,β-unsaturated/α-hetero) is 1. The molecule has 0 radical (unpaired) electrons. The van der Waals surface area contributed by atoms with Crippen molar-refractivity contribution in [1.29, 1.82) is 0 Å². The summed E-state index contributed by atoms with van der Waals surface area (Å²) in [5, 5.41) is 3.18. The van der Waals surface area contributed by atoms with Crippen LogP contribution >= 0.6 is 24.0 Å². The van der Waals surface area contributed by atoms with Crippen LogP contribution < -0.4 is 11.1 Å². The summed E-state index contributed by atoms with van der Waals surface area (Å²) in [6, 6.07) is 7.47. The molecule has 1 unspecified atom stereocenters. The summed E-state index contributed by atoms with van der Waals surface area (Å²) in [6.45, 7) is 3.59. The monoisotopic (exact) mass is 386 g/mol. The Balaban J connectivity index is 0.00000200. The number of guanidine groups is 1. The summed E-state index contributed by atoms with van der Waals surface area (Å²) in [7, 11) is 1.90. The van der Waals surface area contributed by atoms with Crippen molar-refractivity contribution in [3.63, 3.8) is 0 Å². The summed E-state index contributed by atoms with van der Waals surface area (Å²) >= 11 is 0. The summed E-state index contributed by atoms with van der Waals surface area (Å²) in [5.41, 5.74) is 7.40. The van der Waals surface area contributed by atoms with Crippen molar-refractivity contribution in [3.05, 3.63) is 41.7 Å². The van der Waals surface area contributed by atoms with Gasteiger partial charge in [-0.2, -0.15) is 4.99 Å². The molecule has 108 valence electrons. The first-order valence-corrected chi connectivity index (χ1v) is 6.14. The molecule has 0 aliphatic carbocycles. The number of aliphatic imine (C=N–C) groups is 1. The van der Waals surface area contributed by atoms with Crippen LogP contribution in [0.2, 0.25) is 0 Å². The average Bonchev–Trinajstić information content (AvgIpc) is 2.36. The van der Waals surface area contributed by atoms with E-state index in [0.29, 0.717) is 11.5 Å². The average molecular weight is 386 g/mol. The van der Waals surface area contributed by atoms with Gasteiger partial charge in [-0.1, -0.05) is 0 Å². The maximum absolute atomic E-state index is 11.2. The first-order chi connectivity index (χ1) is 8.97. The zero-order valence-corrected chi connectivity index (χ0v) is 14.1. The standard InChI is InChI=1S/C14H18N4O.HI/c1-9-8-13(17-14(15)18(9)3)16-12-6-4-11(5-7-12)10(2)19;/h4-9,16H,1-3H3,(H2,15,17);1H. The number of anilines is 1. The van der Waals surface area contributed by atoms with Gasteiger partial charge in [-0.25, -0.2) is 0 Å². The number of ketones is 1. The van der Waals surface area contributed by atoms with Gasteiger partial charge in [0, 0.05) is 18.3 Å². The molecule has 0 saturated heterocycles. The molecule has 0 bridgehead atoms. The maximum atomic E-state index is 11.2. The minimum absolute atomic E-state index is 0. The number of nitrogens with zero attached hydrogens (tertiary/aromatic N) is 2. The van der Waals surface area contributed by atoms with E-state index < -0.39 is 0 Å². The first-order valence-electron chi connectivity index (χ1n) is 6.14. The Labute approximate surface area is 136 Å². The van der Waals surface area contributed by atoms with Crippen molar-refractivity contribution >= 4 is 41.4 Å². The Bertz CT molecular complexity index is 551. The molecule has 6 heteroatoms. The van der Waals surface area contributed by atoms with E-state index in [2.05, 4.69) is 10.3 Å². The number of carbonyl (C=O) groups is 1. The van der Waals surface area contributed by atoms with Gasteiger partial charge in [0.05, 0.1) is 6.04 Å². The molecule has 2 rings (SSSR count). The van der Waals surface area contributed by atoms with E-state index in [-0.39, 0.29) is 35.8 Å². The first kappa shape index (κ1) is 16.5. The molecule has 1 heterocycles. The highest BCUT2D eigenvalue weighted by molar-refractivity contribution is 14.0. The highest BCUT2D eigenvalue weighted by Crippen LogP contribution is 2.16. The van der Waals surface area contributed by atoms with Gasteiger partial charge in [0.25, 0.3) is 0 Å². The molecule has 0 amide bonds. The molecule has 1 aliphatic rings. The van der Waals surface area contributed by atoms with Gasteiger partial charge in [0.2, 0.25) is 0 Å². The Morgan fingerprint density at radius 1 is 1.35 bits per heavy atom. The van der Waals surface area contributed by atoms with Crippen molar-refractivity contribution in [2.45, 2.75) is 19.9 Å². The number of rotatable bonds is 3. The third-order valence-electron chi connectivity index (χ3n) is 3.17. The molecule has 0 fully saturated rings. The van der Waals surface area contributed by atoms with Gasteiger partial charge in [-0.3, -0.25) is 4.79 Å². The molecular formula is C14H19IN4O. The fraction of sp³-hybridized carbons (Fsp3) is 0.286. The number of likely N-dealkylation sites (N-methyl/N-ethyl adjacent to an activating group) is 1. The Hall–Kier alpha value is -1.57. The van der Waals surface area contributed by atoms with Crippen molar-refractivity contribution < 1.29 is 4.79 Å². The summed E-state index contributed by atoms with van der Waals surface area (Å²) in [4.78, 5) is 17.4. The van der Waals surface area contributed by atoms with Crippen LogP contribution in [0.1, 0.15) is 24.2 Å². The molecule has 1 aromatic carbocycles. The zero-order chi connectivity index (χ0) is 14.0. The highest BCUT2D eigenvalue weighted by Gasteiger charge is 2.15. The van der Waals surface area contributed by atoms with E-state index >= 15 is 0 Å². The summed E-state index contributed by atoms with van der Waals surface area (Å²) < 4.78 is 0. The van der Waals surface area contributed by atoms with Crippen LogP contribution in [-0.4, -0.2) is 29.7 Å². The lowest BCUT2D eigenvalue weighted by Gasteiger charge is -2.27. The minimum Gasteiger partial charge on any atom is -0.369 e. The lowest BCUT2D eigenvalue weighted by molar-refractivity contribution is 0.101. The van der Waals surface area contributed by atoms with E-state index in [1.54, 1.807) is 19.1 Å². The number of hydrogen-bond donors (Lipinski definition) is 2. The van der Waals surface area contributed by atoms with E-state index in [1.807, 2.05) is 37.1 Å². The third-order valence-corrected chi connectivity index (χ3v) is 3.17. The maximum Gasteiger partial charge on any atom is 0.198 e. The van der Waals surface area contributed by atoms with Gasteiger partial charge in [-0.15, -0.1) is 24.0 Å². The van der Waals surface area contributed by atoms with Gasteiger partial charge in [0.15, 0.2) is 11.7 Å². The Kier molecular flexibility index (Phi) is 5.55. The van der Waals surface area contributed by atoms with Crippen molar-refractivity contribution in [2.24, 2.45) is 10.7 Å². The van der Waals surface area contributed by atoms with E-state index in [4.69, 9.17) is 5.73 Å². The van der Waals surface area contributed by atoms with Crippen LogP contribution in [0.5, 0.6) is 0 Å². The minimum atomic E-state index is 0. The SMILES string of the molecule is CC(=O)c1ccc(NC2=CC(C)N(C)C(N)=N2)cc1.I. The number of nitrogens with one attached hydrogen (secondary N) is 1. The molecule has 1 aromatic rings. The fourth-order valence-electron chi connectivity index (χ4n) is 1.79. The van der Waals surface area contributed by atoms with Gasteiger partial charge in [-0.05, 0) is 44.2 Å². The van der Waals surface area contributed by atoms with Gasteiger partial charge in [0.1, 0.15) is 5.82 Å². The van der Waals surface area contributed by atoms with Crippen molar-refractivity contribution in [1.82, 2.24) is 4.90 Å². The topological polar surface area (TPSA) is 70.7 Å². The highest BCUT2D eigenvalue weighted by atomic mass is 127.